The van der Waals surface area contributed by atoms with Gasteiger partial charge >= 0.3 is 0 Å². The Labute approximate surface area is 545 Å². The molecule has 3 amide bonds. The summed E-state index contributed by atoms with van der Waals surface area (Å²) in [6.45, 7) is 12.1. The van der Waals surface area contributed by atoms with Gasteiger partial charge < -0.3 is 17.2 Å². The number of nitrogens with zero attached hydrogens (tertiary/aromatic N) is 12. The van der Waals surface area contributed by atoms with E-state index in [4.69, 9.17) is 17.2 Å². The summed E-state index contributed by atoms with van der Waals surface area (Å²) in [7, 11) is 4.82. The Morgan fingerprint density at radius 3 is 0.777 bits per heavy atom. The van der Waals surface area contributed by atoms with Crippen LogP contribution in [0.25, 0.3) is 33.4 Å². The first-order chi connectivity index (χ1) is 44.7. The SMILES string of the molecule is C.CCc1cc(C2(c3cccc(-c4cccnc4F)c3)N=C(N)N(C)C2=O)cc(CC)n1.CCc1cc([C@@]2(c3cccc(-c4cccnc4F)c3)N=C(N)N(C)C2=O)cc(CC)n1.CCc1cc([C@]2(c3cccc(-c4cccnc4F)c3)N=C(N)N(C)C2=O)cc(CC)n1. The molecule has 482 valence electrons. The van der Waals surface area contributed by atoms with Crippen molar-refractivity contribution >= 4 is 35.6 Å². The monoisotopic (exact) mass is 1270 g/mol. The number of guanidine groups is 3. The Morgan fingerprint density at radius 2 is 0.585 bits per heavy atom. The highest BCUT2D eigenvalue weighted by molar-refractivity contribution is 6.11. The van der Waals surface area contributed by atoms with Crippen LogP contribution in [0.4, 0.5) is 13.2 Å². The molecule has 18 nitrogen and oxygen atoms in total. The number of nitrogens with two attached hydrogens (primary N) is 3. The first kappa shape index (κ1) is 67.6. The van der Waals surface area contributed by atoms with Crippen molar-refractivity contribution in [2.45, 2.75) is 104 Å². The Bertz CT molecular complexity index is 3950. The van der Waals surface area contributed by atoms with Gasteiger partial charge in [0.25, 0.3) is 17.7 Å². The van der Waals surface area contributed by atoms with Crippen LogP contribution in [0.5, 0.6) is 0 Å². The number of aryl methyl sites for hydroxylation is 6. The van der Waals surface area contributed by atoms with Crippen LogP contribution in [0.1, 0.15) is 117 Å². The summed E-state index contributed by atoms with van der Waals surface area (Å²) in [5.74, 6) is -2.09. The fourth-order valence-electron chi connectivity index (χ4n) is 11.8. The molecule has 0 saturated heterocycles. The number of carbonyl (C=O) groups is 3. The molecule has 3 aliphatic heterocycles. The molecule has 1 unspecified atom stereocenters. The molecule has 21 heteroatoms. The average molecular weight is 1270 g/mol. The van der Waals surface area contributed by atoms with Gasteiger partial charge in [-0.1, -0.05) is 104 Å². The molecular formula is C73H76F3N15O3. The summed E-state index contributed by atoms with van der Waals surface area (Å²) in [6.07, 6.45) is 8.55. The van der Waals surface area contributed by atoms with E-state index in [9.17, 15) is 27.6 Å². The Hall–Kier alpha value is -10.8. The molecule has 3 aliphatic rings. The minimum absolute atomic E-state index is 0. The topological polar surface area (TPSA) is 253 Å². The predicted molar refractivity (Wildman–Crippen MR) is 360 cm³/mol. The minimum atomic E-state index is -1.36. The molecule has 0 fully saturated rings. The molecule has 0 spiro atoms. The third kappa shape index (κ3) is 12.4. The van der Waals surface area contributed by atoms with E-state index in [1.165, 1.54) is 33.3 Å². The highest BCUT2D eigenvalue weighted by atomic mass is 19.1. The quantitative estimate of drug-likeness (QED) is 0.0810. The van der Waals surface area contributed by atoms with Gasteiger partial charge in [0.05, 0.1) is 0 Å². The van der Waals surface area contributed by atoms with E-state index in [-0.39, 0.29) is 43.0 Å². The highest BCUT2D eigenvalue weighted by Crippen LogP contribution is 2.45. The lowest BCUT2D eigenvalue weighted by molar-refractivity contribution is -0.130. The van der Waals surface area contributed by atoms with Crippen molar-refractivity contribution in [3.8, 4) is 33.4 Å². The van der Waals surface area contributed by atoms with Gasteiger partial charge in [0.2, 0.25) is 17.8 Å². The number of aromatic nitrogens is 6. The summed E-state index contributed by atoms with van der Waals surface area (Å²) in [6, 6.07) is 43.0. The molecule has 3 aromatic carbocycles. The van der Waals surface area contributed by atoms with Gasteiger partial charge in [-0.3, -0.25) is 44.0 Å². The Kier molecular flexibility index (Phi) is 20.1. The molecule has 0 saturated carbocycles. The first-order valence-electron chi connectivity index (χ1n) is 30.8. The molecule has 0 aliphatic carbocycles. The summed E-state index contributed by atoms with van der Waals surface area (Å²) in [4.78, 5) is 84.0. The Balaban J connectivity index is 0.000000165. The minimum Gasteiger partial charge on any atom is -0.369 e. The molecule has 9 aromatic rings. The van der Waals surface area contributed by atoms with Gasteiger partial charge in [0, 0.05) is 90.6 Å². The predicted octanol–water partition coefficient (Wildman–Crippen LogP) is 10.9. The summed E-state index contributed by atoms with van der Waals surface area (Å²) >= 11 is 0. The maximum atomic E-state index is 14.4. The first-order valence-corrected chi connectivity index (χ1v) is 30.8. The maximum absolute atomic E-state index is 14.4. The van der Waals surface area contributed by atoms with E-state index >= 15 is 0 Å². The number of hydrogen-bond donors (Lipinski definition) is 3. The number of rotatable bonds is 15. The fraction of sp³-hybridized carbons (Fsp3) is 0.260. The van der Waals surface area contributed by atoms with Crippen LogP contribution >= 0.6 is 0 Å². The maximum Gasteiger partial charge on any atom is 0.266 e. The fourth-order valence-corrected chi connectivity index (χ4v) is 11.8. The van der Waals surface area contributed by atoms with Crippen molar-refractivity contribution in [2.75, 3.05) is 21.1 Å². The second-order valence-corrected chi connectivity index (χ2v) is 22.5. The lowest BCUT2D eigenvalue weighted by atomic mass is 9.81. The molecule has 9 heterocycles. The number of halogens is 3. The van der Waals surface area contributed by atoms with E-state index in [0.29, 0.717) is 66.8 Å². The molecule has 6 N–H and O–H groups in total. The van der Waals surface area contributed by atoms with Crippen LogP contribution in [0.2, 0.25) is 0 Å². The second kappa shape index (κ2) is 28.0. The summed E-state index contributed by atoms with van der Waals surface area (Å²) in [5.41, 5.74) is 26.3. The zero-order valence-electron chi connectivity index (χ0n) is 53.3. The van der Waals surface area contributed by atoms with Crippen LogP contribution in [-0.2, 0) is 69.5 Å². The summed E-state index contributed by atoms with van der Waals surface area (Å²) in [5, 5.41) is 0. The van der Waals surface area contributed by atoms with E-state index in [1.54, 1.807) is 112 Å². The molecule has 94 heavy (non-hydrogen) atoms. The lowest BCUT2D eigenvalue weighted by Gasteiger charge is -2.27. The number of pyridine rings is 6. The molecule has 3 atom stereocenters. The zero-order chi connectivity index (χ0) is 66.5. The van der Waals surface area contributed by atoms with E-state index in [0.717, 1.165) is 72.7 Å². The van der Waals surface area contributed by atoms with Gasteiger partial charge in [-0.25, -0.2) is 29.9 Å². The smallest absolute Gasteiger partial charge is 0.266 e. The molecular weight excluding hydrogens is 1190 g/mol. The van der Waals surface area contributed by atoms with E-state index in [1.807, 2.05) is 96.1 Å². The van der Waals surface area contributed by atoms with Crippen molar-refractivity contribution in [2.24, 2.45) is 32.2 Å². The van der Waals surface area contributed by atoms with Crippen molar-refractivity contribution in [1.82, 2.24) is 44.6 Å². The molecule has 12 rings (SSSR count). The van der Waals surface area contributed by atoms with Gasteiger partial charge in [0.15, 0.2) is 34.5 Å². The third-order valence-corrected chi connectivity index (χ3v) is 17.0. The number of hydrogen-bond acceptors (Lipinski definition) is 15. The standard InChI is InChI=1S/3C24H24FN5O.CH4/c3*1-4-18-13-17(14-19(5-2)28-18)24(22(31)30(3)23(26)29-24)16-9-6-8-15(12-16)20-10-7-11-27-21(20)25;/h3*6-14H,4-5H2,1-3H3,(H2,26,29);1H4/t2*24-;;/m10../s1. The van der Waals surface area contributed by atoms with Gasteiger partial charge in [-0.15, -0.1) is 0 Å². The normalized spacial score (nSPS) is 18.2. The van der Waals surface area contributed by atoms with Crippen LogP contribution in [0.15, 0.2) is 179 Å². The van der Waals surface area contributed by atoms with E-state index in [2.05, 4.69) is 44.9 Å². The number of amides is 3. The molecule has 0 radical (unpaired) electrons. The van der Waals surface area contributed by atoms with Crippen LogP contribution in [0.3, 0.4) is 0 Å². The van der Waals surface area contributed by atoms with Crippen molar-refractivity contribution in [1.29, 1.82) is 0 Å². The van der Waals surface area contributed by atoms with Crippen molar-refractivity contribution in [3.05, 3.63) is 250 Å². The highest BCUT2D eigenvalue weighted by Gasteiger charge is 2.52. The second-order valence-electron chi connectivity index (χ2n) is 22.5. The number of likely N-dealkylation sites (N-methyl/N-ethyl adjacent to an activating group) is 3. The van der Waals surface area contributed by atoms with Crippen LogP contribution < -0.4 is 17.2 Å². The van der Waals surface area contributed by atoms with Crippen molar-refractivity contribution in [3.63, 3.8) is 0 Å². The number of benzene rings is 3. The third-order valence-electron chi connectivity index (χ3n) is 17.0. The van der Waals surface area contributed by atoms with Crippen LogP contribution in [0, 0.1) is 17.8 Å². The van der Waals surface area contributed by atoms with Gasteiger partial charge in [-0.2, -0.15) is 13.2 Å². The number of carbonyl (C=O) groups excluding carboxylic acids is 3. The van der Waals surface area contributed by atoms with Crippen molar-refractivity contribution < 1.29 is 27.6 Å². The summed E-state index contributed by atoms with van der Waals surface area (Å²) < 4.78 is 43.1. The number of aliphatic imine (C=N–C) groups is 3. The lowest BCUT2D eigenvalue weighted by Crippen LogP contribution is -2.41. The zero-order valence-corrected chi connectivity index (χ0v) is 53.3. The largest absolute Gasteiger partial charge is 0.369 e. The van der Waals surface area contributed by atoms with Gasteiger partial charge in [0.1, 0.15) is 0 Å². The van der Waals surface area contributed by atoms with Gasteiger partial charge in [-0.05, 0) is 180 Å². The Morgan fingerprint density at radius 1 is 0.351 bits per heavy atom. The molecule has 0 bridgehead atoms. The molecule has 6 aromatic heterocycles. The van der Waals surface area contributed by atoms with E-state index < -0.39 is 34.5 Å². The average Bonchev–Trinajstić information content (AvgIpc) is 1.53. The van der Waals surface area contributed by atoms with Crippen LogP contribution in [-0.4, -0.2) is 101 Å².